The van der Waals surface area contributed by atoms with Crippen molar-refractivity contribution in [1.82, 2.24) is 9.78 Å². The van der Waals surface area contributed by atoms with Crippen LogP contribution in [0.25, 0.3) is 0 Å². The third-order valence-corrected chi connectivity index (χ3v) is 3.77. The Morgan fingerprint density at radius 2 is 2.06 bits per heavy atom. The van der Waals surface area contributed by atoms with E-state index in [9.17, 15) is 0 Å². The molecule has 0 unspecified atom stereocenters. The molecule has 0 fully saturated rings. The normalized spacial score (nSPS) is 10.6. The predicted molar refractivity (Wildman–Crippen MR) is 74.5 cm³/mol. The van der Waals surface area contributed by atoms with E-state index in [0.717, 1.165) is 21.7 Å². The van der Waals surface area contributed by atoms with Gasteiger partial charge in [0.1, 0.15) is 0 Å². The zero-order valence-electron chi connectivity index (χ0n) is 10.1. The van der Waals surface area contributed by atoms with Crippen LogP contribution in [0.5, 0.6) is 0 Å². The first-order chi connectivity index (χ1) is 8.00. The van der Waals surface area contributed by atoms with E-state index in [1.807, 2.05) is 39.1 Å². The van der Waals surface area contributed by atoms with Crippen molar-refractivity contribution in [1.29, 1.82) is 0 Å². The first-order valence-corrected chi connectivity index (χ1v) is 6.11. The SMILES string of the molecule is Cc1cccc(Nc2c(N)c(C)nn2C)c1Br. The van der Waals surface area contributed by atoms with Crippen molar-refractivity contribution >= 4 is 33.1 Å². The highest BCUT2D eigenvalue weighted by Crippen LogP contribution is 2.31. The number of hydrogen-bond donors (Lipinski definition) is 2. The van der Waals surface area contributed by atoms with E-state index in [2.05, 4.69) is 26.3 Å². The number of nitrogens with zero attached hydrogens (tertiary/aromatic N) is 2. The molecule has 0 amide bonds. The monoisotopic (exact) mass is 294 g/mol. The molecule has 1 aromatic carbocycles. The second kappa shape index (κ2) is 4.41. The summed E-state index contributed by atoms with van der Waals surface area (Å²) in [5.74, 6) is 0.814. The van der Waals surface area contributed by atoms with E-state index in [4.69, 9.17) is 5.73 Å². The van der Waals surface area contributed by atoms with Gasteiger partial charge in [-0.1, -0.05) is 12.1 Å². The molecule has 0 bridgehead atoms. The standard InChI is InChI=1S/C12H15BrN4/c1-7-5-4-6-9(10(7)13)15-12-11(14)8(2)16-17(12)3/h4-6,15H,14H2,1-3H3. The molecule has 0 aliphatic rings. The van der Waals surface area contributed by atoms with Crippen LogP contribution in [0.2, 0.25) is 0 Å². The van der Waals surface area contributed by atoms with Gasteiger partial charge in [-0.3, -0.25) is 4.68 Å². The Kier molecular flexibility index (Phi) is 3.11. The van der Waals surface area contributed by atoms with Gasteiger partial charge in [0.15, 0.2) is 5.82 Å². The third kappa shape index (κ3) is 2.15. The van der Waals surface area contributed by atoms with Gasteiger partial charge in [0.25, 0.3) is 0 Å². The first-order valence-electron chi connectivity index (χ1n) is 5.32. The number of aryl methyl sites for hydroxylation is 3. The number of halogens is 1. The molecule has 3 N–H and O–H groups in total. The molecule has 17 heavy (non-hydrogen) atoms. The second-order valence-corrected chi connectivity index (χ2v) is 4.83. The fraction of sp³-hybridized carbons (Fsp3) is 0.250. The van der Waals surface area contributed by atoms with Gasteiger partial charge in [-0.2, -0.15) is 5.10 Å². The van der Waals surface area contributed by atoms with Gasteiger partial charge in [0, 0.05) is 11.5 Å². The maximum absolute atomic E-state index is 5.98. The van der Waals surface area contributed by atoms with Crippen molar-refractivity contribution in [2.45, 2.75) is 13.8 Å². The van der Waals surface area contributed by atoms with Crippen molar-refractivity contribution < 1.29 is 0 Å². The van der Waals surface area contributed by atoms with Gasteiger partial charge in [0.2, 0.25) is 0 Å². The Balaban J connectivity index is 2.41. The number of benzene rings is 1. The third-order valence-electron chi connectivity index (χ3n) is 2.71. The van der Waals surface area contributed by atoms with Gasteiger partial charge in [-0.25, -0.2) is 0 Å². The number of nitrogens with one attached hydrogen (secondary N) is 1. The van der Waals surface area contributed by atoms with Crippen LogP contribution < -0.4 is 11.1 Å². The zero-order chi connectivity index (χ0) is 12.6. The number of hydrogen-bond acceptors (Lipinski definition) is 3. The number of aromatic nitrogens is 2. The molecule has 0 radical (unpaired) electrons. The van der Waals surface area contributed by atoms with Crippen LogP contribution in [-0.4, -0.2) is 9.78 Å². The lowest BCUT2D eigenvalue weighted by Gasteiger charge is -2.11. The second-order valence-electron chi connectivity index (χ2n) is 4.03. The minimum Gasteiger partial charge on any atom is -0.394 e. The highest BCUT2D eigenvalue weighted by atomic mass is 79.9. The Hall–Kier alpha value is -1.49. The van der Waals surface area contributed by atoms with Gasteiger partial charge >= 0.3 is 0 Å². The van der Waals surface area contributed by atoms with Crippen molar-refractivity contribution in [3.63, 3.8) is 0 Å². The lowest BCUT2D eigenvalue weighted by molar-refractivity contribution is 0.765. The fourth-order valence-corrected chi connectivity index (χ4v) is 2.06. The summed E-state index contributed by atoms with van der Waals surface area (Å²) in [7, 11) is 1.87. The van der Waals surface area contributed by atoms with Crippen LogP contribution in [0, 0.1) is 13.8 Å². The highest BCUT2D eigenvalue weighted by molar-refractivity contribution is 9.10. The van der Waals surface area contributed by atoms with Crippen LogP contribution in [0.15, 0.2) is 22.7 Å². The molecular weight excluding hydrogens is 280 g/mol. The van der Waals surface area contributed by atoms with Crippen LogP contribution in [0.4, 0.5) is 17.2 Å². The summed E-state index contributed by atoms with van der Waals surface area (Å²) < 4.78 is 2.79. The van der Waals surface area contributed by atoms with Crippen LogP contribution in [0.1, 0.15) is 11.3 Å². The molecule has 4 nitrogen and oxygen atoms in total. The highest BCUT2D eigenvalue weighted by Gasteiger charge is 2.11. The largest absolute Gasteiger partial charge is 0.394 e. The molecule has 0 aliphatic heterocycles. The lowest BCUT2D eigenvalue weighted by atomic mass is 10.2. The Morgan fingerprint density at radius 1 is 1.35 bits per heavy atom. The van der Waals surface area contributed by atoms with Crippen molar-refractivity contribution in [2.75, 3.05) is 11.1 Å². The van der Waals surface area contributed by atoms with Crippen molar-refractivity contribution in [3.05, 3.63) is 33.9 Å². The van der Waals surface area contributed by atoms with E-state index in [-0.39, 0.29) is 0 Å². The van der Waals surface area contributed by atoms with Crippen LogP contribution in [0.3, 0.4) is 0 Å². The van der Waals surface area contributed by atoms with E-state index >= 15 is 0 Å². The summed E-state index contributed by atoms with van der Waals surface area (Å²) in [4.78, 5) is 0. The Bertz CT molecular complexity index is 560. The summed E-state index contributed by atoms with van der Waals surface area (Å²) in [5.41, 5.74) is 9.65. The van der Waals surface area contributed by atoms with Crippen LogP contribution >= 0.6 is 15.9 Å². The minimum absolute atomic E-state index is 0.681. The van der Waals surface area contributed by atoms with Gasteiger partial charge in [0.05, 0.1) is 17.1 Å². The maximum atomic E-state index is 5.98. The number of nitrogens with two attached hydrogens (primary N) is 1. The molecule has 5 heteroatoms. The number of rotatable bonds is 2. The molecule has 2 aromatic rings. The smallest absolute Gasteiger partial charge is 0.152 e. The Morgan fingerprint density at radius 3 is 2.65 bits per heavy atom. The Labute approximate surface area is 109 Å². The molecule has 0 saturated carbocycles. The molecule has 2 rings (SSSR count). The van der Waals surface area contributed by atoms with Gasteiger partial charge in [-0.15, -0.1) is 0 Å². The topological polar surface area (TPSA) is 55.9 Å². The summed E-state index contributed by atoms with van der Waals surface area (Å²) >= 11 is 3.56. The minimum atomic E-state index is 0.681. The number of nitrogen functional groups attached to an aromatic ring is 1. The van der Waals surface area contributed by atoms with Gasteiger partial charge in [-0.05, 0) is 41.4 Å². The molecule has 1 heterocycles. The van der Waals surface area contributed by atoms with E-state index in [1.165, 1.54) is 5.56 Å². The number of anilines is 3. The summed E-state index contributed by atoms with van der Waals surface area (Å²) in [5, 5.41) is 7.57. The molecule has 0 aliphatic carbocycles. The van der Waals surface area contributed by atoms with E-state index in [0.29, 0.717) is 5.69 Å². The molecule has 0 spiro atoms. The lowest BCUT2D eigenvalue weighted by Crippen LogP contribution is -2.02. The quantitative estimate of drug-likeness (QED) is 0.895. The summed E-state index contributed by atoms with van der Waals surface area (Å²) in [6.45, 7) is 3.94. The van der Waals surface area contributed by atoms with Crippen molar-refractivity contribution in [2.24, 2.45) is 7.05 Å². The van der Waals surface area contributed by atoms with E-state index < -0.39 is 0 Å². The maximum Gasteiger partial charge on any atom is 0.152 e. The summed E-state index contributed by atoms with van der Waals surface area (Å²) in [6.07, 6.45) is 0. The molecule has 0 saturated heterocycles. The molecule has 90 valence electrons. The molecular formula is C12H15BrN4. The predicted octanol–water partition coefficient (Wildman–Crippen LogP) is 3.13. The average Bonchev–Trinajstić information content (AvgIpc) is 2.51. The zero-order valence-corrected chi connectivity index (χ0v) is 11.7. The fourth-order valence-electron chi connectivity index (χ4n) is 1.69. The van der Waals surface area contributed by atoms with Crippen molar-refractivity contribution in [3.8, 4) is 0 Å². The first kappa shape index (κ1) is 12.0. The molecule has 1 aromatic heterocycles. The molecule has 0 atom stereocenters. The van der Waals surface area contributed by atoms with Gasteiger partial charge < -0.3 is 11.1 Å². The summed E-state index contributed by atoms with van der Waals surface area (Å²) in [6, 6.07) is 6.05. The van der Waals surface area contributed by atoms with Crippen LogP contribution in [-0.2, 0) is 7.05 Å². The average molecular weight is 295 g/mol. The van der Waals surface area contributed by atoms with E-state index in [1.54, 1.807) is 4.68 Å².